The molecule has 1 N–H and O–H groups in total. The fraction of sp³-hybridized carbons (Fsp3) is 0.667. The minimum atomic E-state index is 0.226. The minimum Gasteiger partial charge on any atom is -0.382 e. The molecule has 0 saturated heterocycles. The quantitative estimate of drug-likeness (QED) is 0.704. The Hall–Kier alpha value is -0.130. The normalized spacial score (nSPS) is 12.9. The van der Waals surface area contributed by atoms with Crippen molar-refractivity contribution in [3.05, 3.63) is 21.3 Å². The molecule has 0 saturated carbocycles. The van der Waals surface area contributed by atoms with Crippen LogP contribution in [0.5, 0.6) is 0 Å². The van der Waals surface area contributed by atoms with Crippen LogP contribution in [0.4, 0.5) is 0 Å². The molecule has 3 nitrogen and oxygen atoms in total. The van der Waals surface area contributed by atoms with Gasteiger partial charge in [0.25, 0.3) is 0 Å². The SMILES string of the molecule is CCCNC(COCCOC)c1ccc(Cl)s1. The van der Waals surface area contributed by atoms with E-state index >= 15 is 0 Å². The Balaban J connectivity index is 2.42. The first-order valence-corrected chi connectivity index (χ1v) is 7.02. The van der Waals surface area contributed by atoms with Gasteiger partial charge in [-0.05, 0) is 25.1 Å². The molecular weight excluding hydrogens is 258 g/mol. The number of rotatable bonds is 9. The van der Waals surface area contributed by atoms with E-state index in [4.69, 9.17) is 21.1 Å². The van der Waals surface area contributed by atoms with Gasteiger partial charge >= 0.3 is 0 Å². The van der Waals surface area contributed by atoms with E-state index in [1.807, 2.05) is 6.07 Å². The highest BCUT2D eigenvalue weighted by atomic mass is 35.5. The number of hydrogen-bond acceptors (Lipinski definition) is 4. The molecule has 5 heteroatoms. The first-order valence-electron chi connectivity index (χ1n) is 5.83. The number of ether oxygens (including phenoxy) is 2. The molecule has 0 radical (unpaired) electrons. The molecule has 0 aromatic carbocycles. The lowest BCUT2D eigenvalue weighted by Crippen LogP contribution is -2.26. The van der Waals surface area contributed by atoms with Gasteiger partial charge in [-0.3, -0.25) is 0 Å². The summed E-state index contributed by atoms with van der Waals surface area (Å²) in [6, 6.07) is 4.21. The van der Waals surface area contributed by atoms with E-state index in [1.165, 1.54) is 4.88 Å². The fourth-order valence-corrected chi connectivity index (χ4v) is 2.54. The van der Waals surface area contributed by atoms with Crippen LogP contribution in [-0.4, -0.2) is 33.5 Å². The summed E-state index contributed by atoms with van der Waals surface area (Å²) in [6.45, 7) is 5.04. The lowest BCUT2D eigenvalue weighted by atomic mass is 10.2. The summed E-state index contributed by atoms with van der Waals surface area (Å²) in [5.74, 6) is 0. The largest absolute Gasteiger partial charge is 0.382 e. The van der Waals surface area contributed by atoms with Crippen LogP contribution < -0.4 is 5.32 Å². The van der Waals surface area contributed by atoms with Gasteiger partial charge in [0.1, 0.15) is 0 Å². The van der Waals surface area contributed by atoms with Crippen LogP contribution in [-0.2, 0) is 9.47 Å². The minimum absolute atomic E-state index is 0.226. The third-order valence-corrected chi connectivity index (χ3v) is 3.64. The van der Waals surface area contributed by atoms with Gasteiger partial charge in [-0.25, -0.2) is 0 Å². The summed E-state index contributed by atoms with van der Waals surface area (Å²) < 4.78 is 11.3. The van der Waals surface area contributed by atoms with Crippen molar-refractivity contribution in [1.82, 2.24) is 5.32 Å². The number of methoxy groups -OCH3 is 1. The highest BCUT2D eigenvalue weighted by Gasteiger charge is 2.13. The van der Waals surface area contributed by atoms with Crippen molar-refractivity contribution in [2.24, 2.45) is 0 Å². The molecule has 0 spiro atoms. The van der Waals surface area contributed by atoms with Crippen LogP contribution >= 0.6 is 22.9 Å². The second-order valence-electron chi connectivity index (χ2n) is 3.72. The second kappa shape index (κ2) is 8.89. The fourth-order valence-electron chi connectivity index (χ4n) is 1.42. The first kappa shape index (κ1) is 14.9. The molecule has 1 heterocycles. The van der Waals surface area contributed by atoms with Crippen molar-refractivity contribution in [2.75, 3.05) is 33.5 Å². The summed E-state index contributed by atoms with van der Waals surface area (Å²) in [5, 5.41) is 3.46. The molecule has 1 unspecified atom stereocenters. The van der Waals surface area contributed by atoms with Crippen LogP contribution in [0, 0.1) is 0 Å². The Morgan fingerprint density at radius 3 is 2.82 bits per heavy atom. The number of nitrogens with one attached hydrogen (secondary N) is 1. The Kier molecular flexibility index (Phi) is 7.81. The Morgan fingerprint density at radius 1 is 1.41 bits per heavy atom. The van der Waals surface area contributed by atoms with E-state index in [0.717, 1.165) is 17.3 Å². The zero-order valence-electron chi connectivity index (χ0n) is 10.4. The summed E-state index contributed by atoms with van der Waals surface area (Å²) >= 11 is 7.55. The predicted molar refractivity (Wildman–Crippen MR) is 73.1 cm³/mol. The van der Waals surface area contributed by atoms with E-state index < -0.39 is 0 Å². The average molecular weight is 278 g/mol. The molecule has 1 aromatic rings. The van der Waals surface area contributed by atoms with Gasteiger partial charge in [0.2, 0.25) is 0 Å². The van der Waals surface area contributed by atoms with Crippen molar-refractivity contribution in [1.29, 1.82) is 0 Å². The molecule has 0 bridgehead atoms. The number of thiophene rings is 1. The molecular formula is C12H20ClNO2S. The number of hydrogen-bond donors (Lipinski definition) is 1. The van der Waals surface area contributed by atoms with Gasteiger partial charge in [0, 0.05) is 12.0 Å². The maximum absolute atomic E-state index is 5.95. The zero-order chi connectivity index (χ0) is 12.5. The van der Waals surface area contributed by atoms with Crippen LogP contribution in [0.1, 0.15) is 24.3 Å². The molecule has 0 amide bonds. The second-order valence-corrected chi connectivity index (χ2v) is 5.46. The topological polar surface area (TPSA) is 30.5 Å². The van der Waals surface area contributed by atoms with Crippen molar-refractivity contribution >= 4 is 22.9 Å². The molecule has 17 heavy (non-hydrogen) atoms. The van der Waals surface area contributed by atoms with Gasteiger partial charge in [-0.15, -0.1) is 11.3 Å². The summed E-state index contributed by atoms with van der Waals surface area (Å²) in [4.78, 5) is 1.22. The Morgan fingerprint density at radius 2 is 2.24 bits per heavy atom. The average Bonchev–Trinajstić information content (AvgIpc) is 2.75. The summed E-state index contributed by atoms with van der Waals surface area (Å²) in [7, 11) is 1.68. The highest BCUT2D eigenvalue weighted by Crippen LogP contribution is 2.27. The van der Waals surface area contributed by atoms with E-state index in [-0.39, 0.29) is 6.04 Å². The van der Waals surface area contributed by atoms with Crippen molar-refractivity contribution in [2.45, 2.75) is 19.4 Å². The maximum Gasteiger partial charge on any atom is 0.0931 e. The van der Waals surface area contributed by atoms with Crippen LogP contribution in [0.2, 0.25) is 4.34 Å². The predicted octanol–water partition coefficient (Wildman–Crippen LogP) is 3.11. The summed E-state index contributed by atoms with van der Waals surface area (Å²) in [5.41, 5.74) is 0. The maximum atomic E-state index is 5.95. The van der Waals surface area contributed by atoms with Gasteiger partial charge in [0.05, 0.1) is 30.2 Å². The molecule has 0 aliphatic heterocycles. The smallest absolute Gasteiger partial charge is 0.0931 e. The molecule has 1 atom stereocenters. The van der Waals surface area contributed by atoms with E-state index in [2.05, 4.69) is 18.3 Å². The Bertz CT molecular complexity index is 306. The van der Waals surface area contributed by atoms with Gasteiger partial charge in [-0.1, -0.05) is 18.5 Å². The van der Waals surface area contributed by atoms with Crippen LogP contribution in [0.15, 0.2) is 12.1 Å². The van der Waals surface area contributed by atoms with Gasteiger partial charge in [0.15, 0.2) is 0 Å². The lowest BCUT2D eigenvalue weighted by Gasteiger charge is -2.17. The van der Waals surface area contributed by atoms with E-state index in [9.17, 15) is 0 Å². The van der Waals surface area contributed by atoms with E-state index in [0.29, 0.717) is 19.8 Å². The Labute approximate surface area is 112 Å². The van der Waals surface area contributed by atoms with Crippen molar-refractivity contribution in [3.8, 4) is 0 Å². The zero-order valence-corrected chi connectivity index (χ0v) is 11.9. The summed E-state index contributed by atoms with van der Waals surface area (Å²) in [6.07, 6.45) is 1.10. The van der Waals surface area contributed by atoms with E-state index in [1.54, 1.807) is 18.4 Å². The first-order chi connectivity index (χ1) is 8.27. The lowest BCUT2D eigenvalue weighted by molar-refractivity contribution is 0.0590. The number of halogens is 1. The molecule has 1 rings (SSSR count). The third kappa shape index (κ3) is 5.84. The third-order valence-electron chi connectivity index (χ3n) is 2.29. The van der Waals surface area contributed by atoms with Crippen molar-refractivity contribution < 1.29 is 9.47 Å². The van der Waals surface area contributed by atoms with Crippen LogP contribution in [0.25, 0.3) is 0 Å². The van der Waals surface area contributed by atoms with Gasteiger partial charge in [-0.2, -0.15) is 0 Å². The van der Waals surface area contributed by atoms with Crippen LogP contribution in [0.3, 0.4) is 0 Å². The molecule has 0 fully saturated rings. The van der Waals surface area contributed by atoms with Crippen molar-refractivity contribution in [3.63, 3.8) is 0 Å². The monoisotopic (exact) mass is 277 g/mol. The van der Waals surface area contributed by atoms with Gasteiger partial charge < -0.3 is 14.8 Å². The molecule has 98 valence electrons. The highest BCUT2D eigenvalue weighted by molar-refractivity contribution is 7.16. The molecule has 1 aromatic heterocycles. The molecule has 0 aliphatic carbocycles. The molecule has 0 aliphatic rings. The standard InChI is InChI=1S/C12H20ClNO2S/c1-3-6-14-10(9-16-8-7-15-2)11-4-5-12(13)17-11/h4-5,10,14H,3,6-9H2,1-2H3.